The summed E-state index contributed by atoms with van der Waals surface area (Å²) in [6, 6.07) is 3.30. The van der Waals surface area contributed by atoms with Crippen molar-refractivity contribution in [3.05, 3.63) is 39.7 Å². The highest BCUT2D eigenvalue weighted by atomic mass is 35.5. The third-order valence-electron chi connectivity index (χ3n) is 2.60. The summed E-state index contributed by atoms with van der Waals surface area (Å²) < 4.78 is 11.2. The highest BCUT2D eigenvalue weighted by molar-refractivity contribution is 6.55. The second-order valence-corrected chi connectivity index (χ2v) is 6.11. The number of hydrogen-bond acceptors (Lipinski definition) is 2. The summed E-state index contributed by atoms with van der Waals surface area (Å²) in [5, 5.41) is 0.825. The third-order valence-corrected chi connectivity index (χ3v) is 3.47. The summed E-state index contributed by atoms with van der Waals surface area (Å²) in [5.74, 6) is 1.01. The SMILES string of the molecule is [CH2]CCCCCOc1c(Cl)cc(OCC=C(Cl)Cl)cc1Cl. The standard InChI is InChI=1S/C15H17Cl4O2/c1-2-3-4-5-7-21-15-12(16)9-11(10-13(15)17)20-8-6-14(18)19/h6,9-10H,1-5,7-8H2. The van der Waals surface area contributed by atoms with Gasteiger partial charge in [0.25, 0.3) is 0 Å². The molecule has 0 N–H and O–H groups in total. The van der Waals surface area contributed by atoms with Crippen molar-refractivity contribution >= 4 is 46.4 Å². The molecule has 0 atom stereocenters. The molecule has 117 valence electrons. The summed E-state index contributed by atoms with van der Waals surface area (Å²) in [6.45, 7) is 4.61. The fraction of sp³-hybridized carbons (Fsp3) is 0.400. The molecule has 0 saturated carbocycles. The molecule has 0 aliphatic carbocycles. The molecule has 21 heavy (non-hydrogen) atoms. The Hall–Kier alpha value is -0.280. The molecular formula is C15H17Cl4O2. The molecule has 0 aromatic heterocycles. The van der Waals surface area contributed by atoms with E-state index in [1.165, 1.54) is 6.08 Å². The summed E-state index contributed by atoms with van der Waals surface area (Å²) in [7, 11) is 0. The monoisotopic (exact) mass is 369 g/mol. The van der Waals surface area contributed by atoms with Crippen molar-refractivity contribution in [2.75, 3.05) is 13.2 Å². The van der Waals surface area contributed by atoms with Gasteiger partial charge in [-0.25, -0.2) is 0 Å². The van der Waals surface area contributed by atoms with Gasteiger partial charge in [0.05, 0.1) is 16.7 Å². The van der Waals surface area contributed by atoms with Crippen LogP contribution in [0.2, 0.25) is 10.0 Å². The molecule has 0 aliphatic heterocycles. The number of halogens is 4. The van der Waals surface area contributed by atoms with Gasteiger partial charge < -0.3 is 9.47 Å². The molecule has 1 aromatic carbocycles. The van der Waals surface area contributed by atoms with Gasteiger partial charge in [-0.1, -0.05) is 72.6 Å². The second kappa shape index (κ2) is 10.4. The molecule has 6 heteroatoms. The van der Waals surface area contributed by atoms with Crippen LogP contribution in [0.3, 0.4) is 0 Å². The minimum atomic E-state index is 0.148. The molecule has 2 nitrogen and oxygen atoms in total. The van der Waals surface area contributed by atoms with Crippen LogP contribution in [0.4, 0.5) is 0 Å². The maximum Gasteiger partial charge on any atom is 0.156 e. The van der Waals surface area contributed by atoms with Crippen molar-refractivity contribution < 1.29 is 9.47 Å². The summed E-state index contributed by atoms with van der Waals surface area (Å²) in [6.07, 6.45) is 5.57. The first-order valence-corrected chi connectivity index (χ1v) is 8.11. The van der Waals surface area contributed by atoms with Crippen LogP contribution in [0.1, 0.15) is 25.7 Å². The Morgan fingerprint density at radius 3 is 2.29 bits per heavy atom. The van der Waals surface area contributed by atoms with E-state index in [9.17, 15) is 0 Å². The van der Waals surface area contributed by atoms with Crippen molar-refractivity contribution in [1.29, 1.82) is 0 Å². The normalized spacial score (nSPS) is 10.3. The Kier molecular flexibility index (Phi) is 9.34. The zero-order chi connectivity index (χ0) is 15.7. The molecule has 0 fully saturated rings. The van der Waals surface area contributed by atoms with Crippen LogP contribution in [-0.2, 0) is 0 Å². The minimum absolute atomic E-state index is 0.148. The molecular weight excluding hydrogens is 354 g/mol. The molecule has 1 aromatic rings. The van der Waals surface area contributed by atoms with Crippen molar-refractivity contribution in [1.82, 2.24) is 0 Å². The van der Waals surface area contributed by atoms with Crippen LogP contribution < -0.4 is 9.47 Å². The lowest BCUT2D eigenvalue weighted by atomic mass is 10.2. The van der Waals surface area contributed by atoms with Gasteiger partial charge in [-0.05, 0) is 12.5 Å². The number of hydrogen-bond donors (Lipinski definition) is 0. The zero-order valence-corrected chi connectivity index (χ0v) is 14.5. The quantitative estimate of drug-likeness (QED) is 0.464. The predicted molar refractivity (Wildman–Crippen MR) is 91.1 cm³/mol. The molecule has 1 rings (SSSR count). The van der Waals surface area contributed by atoms with E-state index < -0.39 is 0 Å². The number of ether oxygens (including phenoxy) is 2. The van der Waals surface area contributed by atoms with E-state index in [0.717, 1.165) is 25.7 Å². The van der Waals surface area contributed by atoms with E-state index in [-0.39, 0.29) is 11.1 Å². The topological polar surface area (TPSA) is 18.5 Å². The van der Waals surface area contributed by atoms with E-state index in [0.29, 0.717) is 28.2 Å². The van der Waals surface area contributed by atoms with Gasteiger partial charge in [-0.15, -0.1) is 0 Å². The fourth-order valence-corrected chi connectivity index (χ4v) is 2.29. The maximum atomic E-state index is 6.15. The van der Waals surface area contributed by atoms with Crippen LogP contribution in [0.15, 0.2) is 22.7 Å². The van der Waals surface area contributed by atoms with E-state index in [1.54, 1.807) is 12.1 Å². The van der Waals surface area contributed by atoms with E-state index >= 15 is 0 Å². The molecule has 0 unspecified atom stereocenters. The Morgan fingerprint density at radius 2 is 1.71 bits per heavy atom. The Bertz CT molecular complexity index is 448. The molecule has 0 saturated heterocycles. The summed E-state index contributed by atoms with van der Waals surface area (Å²) in [5.41, 5.74) is 0. The van der Waals surface area contributed by atoms with Crippen molar-refractivity contribution in [2.45, 2.75) is 25.7 Å². The van der Waals surface area contributed by atoms with Crippen molar-refractivity contribution in [2.24, 2.45) is 0 Å². The van der Waals surface area contributed by atoms with Crippen LogP contribution in [0, 0.1) is 6.92 Å². The van der Waals surface area contributed by atoms with Gasteiger partial charge in [-0.2, -0.15) is 0 Å². The van der Waals surface area contributed by atoms with E-state index in [1.807, 2.05) is 0 Å². The highest BCUT2D eigenvalue weighted by Crippen LogP contribution is 2.37. The third kappa shape index (κ3) is 7.51. The number of unbranched alkanes of at least 4 members (excludes halogenated alkanes) is 3. The number of benzene rings is 1. The van der Waals surface area contributed by atoms with Gasteiger partial charge >= 0.3 is 0 Å². The fourth-order valence-electron chi connectivity index (χ4n) is 1.59. The molecule has 0 spiro atoms. The first-order valence-electron chi connectivity index (χ1n) is 6.59. The van der Waals surface area contributed by atoms with Crippen molar-refractivity contribution in [3.8, 4) is 11.5 Å². The van der Waals surface area contributed by atoms with Gasteiger partial charge in [0.1, 0.15) is 16.8 Å². The number of rotatable bonds is 9. The molecule has 1 radical (unpaired) electrons. The van der Waals surface area contributed by atoms with Crippen LogP contribution in [-0.4, -0.2) is 13.2 Å². The second-order valence-electron chi connectivity index (χ2n) is 4.28. The van der Waals surface area contributed by atoms with E-state index in [4.69, 9.17) is 55.9 Å². The first kappa shape index (κ1) is 18.8. The maximum absolute atomic E-state index is 6.15. The largest absolute Gasteiger partial charge is 0.490 e. The van der Waals surface area contributed by atoms with Gasteiger partial charge in [0.15, 0.2) is 5.75 Å². The summed E-state index contributed by atoms with van der Waals surface area (Å²) in [4.78, 5) is 0. The van der Waals surface area contributed by atoms with Crippen LogP contribution >= 0.6 is 46.4 Å². The Labute approximate surface area is 145 Å². The molecule has 0 heterocycles. The molecule has 0 aliphatic rings. The van der Waals surface area contributed by atoms with Crippen LogP contribution in [0.25, 0.3) is 0 Å². The highest BCUT2D eigenvalue weighted by Gasteiger charge is 2.10. The average molecular weight is 371 g/mol. The lowest BCUT2D eigenvalue weighted by molar-refractivity contribution is 0.304. The van der Waals surface area contributed by atoms with Gasteiger partial charge in [0.2, 0.25) is 0 Å². The molecule has 0 amide bonds. The lowest BCUT2D eigenvalue weighted by Crippen LogP contribution is -2.00. The van der Waals surface area contributed by atoms with Gasteiger partial charge in [0, 0.05) is 12.1 Å². The lowest BCUT2D eigenvalue weighted by Gasteiger charge is -2.12. The minimum Gasteiger partial charge on any atom is -0.490 e. The van der Waals surface area contributed by atoms with Crippen LogP contribution in [0.5, 0.6) is 11.5 Å². The van der Waals surface area contributed by atoms with Crippen molar-refractivity contribution in [3.63, 3.8) is 0 Å². The smallest absolute Gasteiger partial charge is 0.156 e. The Balaban J connectivity index is 2.56. The van der Waals surface area contributed by atoms with E-state index in [2.05, 4.69) is 6.92 Å². The first-order chi connectivity index (χ1) is 10.0. The zero-order valence-electron chi connectivity index (χ0n) is 11.5. The average Bonchev–Trinajstić information content (AvgIpc) is 2.40. The predicted octanol–water partition coefficient (Wildman–Crippen LogP) is 6.46. The molecule has 0 bridgehead atoms. The van der Waals surface area contributed by atoms with Gasteiger partial charge in [-0.3, -0.25) is 0 Å². The summed E-state index contributed by atoms with van der Waals surface area (Å²) >= 11 is 23.3. The Morgan fingerprint density at radius 1 is 1.05 bits per heavy atom.